The minimum atomic E-state index is -3.49. The highest BCUT2D eigenvalue weighted by atomic mass is 32.2. The number of hydrogen-bond donors (Lipinski definition) is 1. The monoisotopic (exact) mass is 316 g/mol. The van der Waals surface area contributed by atoms with Crippen LogP contribution in [-0.2, 0) is 10.0 Å². The standard InChI is InChI=1S/C17H20N2O2S/c18-15-10-12-19(13-11-15)22(20,21)17-9-5-4-8-16(17)14-6-2-1-3-7-14/h1-9,15H,10-13,18H2. The molecule has 1 aliphatic heterocycles. The van der Waals surface area contributed by atoms with E-state index in [4.69, 9.17) is 5.73 Å². The molecule has 1 heterocycles. The normalized spacial score (nSPS) is 17.5. The maximum absolute atomic E-state index is 13.0. The van der Waals surface area contributed by atoms with E-state index in [1.807, 2.05) is 42.5 Å². The van der Waals surface area contributed by atoms with Gasteiger partial charge in [0.2, 0.25) is 10.0 Å². The molecule has 1 fully saturated rings. The summed E-state index contributed by atoms with van der Waals surface area (Å²) in [5, 5.41) is 0. The van der Waals surface area contributed by atoms with E-state index in [1.165, 1.54) is 0 Å². The summed E-state index contributed by atoms with van der Waals surface area (Å²) in [6.07, 6.45) is 1.43. The smallest absolute Gasteiger partial charge is 0.243 e. The van der Waals surface area contributed by atoms with Gasteiger partial charge in [-0.3, -0.25) is 0 Å². The van der Waals surface area contributed by atoms with Crippen molar-refractivity contribution in [2.24, 2.45) is 5.73 Å². The molecule has 0 spiro atoms. The minimum Gasteiger partial charge on any atom is -0.328 e. The van der Waals surface area contributed by atoms with E-state index in [-0.39, 0.29) is 6.04 Å². The van der Waals surface area contributed by atoms with Crippen molar-refractivity contribution < 1.29 is 8.42 Å². The Labute approximate surface area is 131 Å². The highest BCUT2D eigenvalue weighted by Crippen LogP contribution is 2.30. The Balaban J connectivity index is 2.01. The van der Waals surface area contributed by atoms with Gasteiger partial charge >= 0.3 is 0 Å². The van der Waals surface area contributed by atoms with Crippen molar-refractivity contribution in [1.82, 2.24) is 4.31 Å². The lowest BCUT2D eigenvalue weighted by molar-refractivity contribution is 0.320. The fourth-order valence-electron chi connectivity index (χ4n) is 2.80. The van der Waals surface area contributed by atoms with Crippen LogP contribution in [0.2, 0.25) is 0 Å². The Morgan fingerprint density at radius 2 is 1.50 bits per heavy atom. The molecule has 5 heteroatoms. The molecule has 22 heavy (non-hydrogen) atoms. The third-order valence-corrected chi connectivity index (χ3v) is 6.05. The summed E-state index contributed by atoms with van der Waals surface area (Å²) in [6, 6.07) is 16.9. The second-order valence-corrected chi connectivity index (χ2v) is 7.51. The first-order chi connectivity index (χ1) is 10.6. The van der Waals surface area contributed by atoms with E-state index < -0.39 is 10.0 Å². The second-order valence-electron chi connectivity index (χ2n) is 5.60. The van der Waals surface area contributed by atoms with E-state index in [1.54, 1.807) is 16.4 Å². The fraction of sp³-hybridized carbons (Fsp3) is 0.294. The van der Waals surface area contributed by atoms with Gasteiger partial charge in [0.05, 0.1) is 4.90 Å². The lowest BCUT2D eigenvalue weighted by atomic mass is 10.1. The molecule has 1 aliphatic rings. The molecule has 0 radical (unpaired) electrons. The molecule has 2 N–H and O–H groups in total. The first kappa shape index (κ1) is 15.2. The third-order valence-electron chi connectivity index (χ3n) is 4.09. The van der Waals surface area contributed by atoms with Crippen molar-refractivity contribution in [3.63, 3.8) is 0 Å². The fourth-order valence-corrected chi connectivity index (χ4v) is 4.49. The summed E-state index contributed by atoms with van der Waals surface area (Å²) in [4.78, 5) is 0.372. The molecule has 0 aromatic heterocycles. The molecule has 0 saturated carbocycles. The number of rotatable bonds is 3. The Morgan fingerprint density at radius 3 is 2.18 bits per heavy atom. The van der Waals surface area contributed by atoms with Crippen LogP contribution in [0.5, 0.6) is 0 Å². The molecule has 3 rings (SSSR count). The predicted octanol–water partition coefficient (Wildman–Crippen LogP) is 2.47. The second kappa shape index (κ2) is 6.20. The molecular formula is C17H20N2O2S. The predicted molar refractivity (Wildman–Crippen MR) is 87.8 cm³/mol. The van der Waals surface area contributed by atoms with Gasteiger partial charge in [0, 0.05) is 24.7 Å². The summed E-state index contributed by atoms with van der Waals surface area (Å²) in [7, 11) is -3.49. The van der Waals surface area contributed by atoms with Crippen molar-refractivity contribution in [2.75, 3.05) is 13.1 Å². The minimum absolute atomic E-state index is 0.107. The molecule has 0 bridgehead atoms. The van der Waals surface area contributed by atoms with Gasteiger partial charge in [-0.2, -0.15) is 4.31 Å². The topological polar surface area (TPSA) is 63.4 Å². The summed E-state index contributed by atoms with van der Waals surface area (Å²) in [5.74, 6) is 0. The molecule has 2 aromatic rings. The Bertz CT molecular complexity index is 736. The van der Waals surface area contributed by atoms with Crippen LogP contribution >= 0.6 is 0 Å². The zero-order valence-corrected chi connectivity index (χ0v) is 13.2. The van der Waals surface area contributed by atoms with Crippen molar-refractivity contribution in [3.8, 4) is 11.1 Å². The Morgan fingerprint density at radius 1 is 0.909 bits per heavy atom. The van der Waals surface area contributed by atoms with Gasteiger partial charge in [-0.15, -0.1) is 0 Å². The SMILES string of the molecule is NC1CCN(S(=O)(=O)c2ccccc2-c2ccccc2)CC1. The van der Waals surface area contributed by atoms with Crippen molar-refractivity contribution in [2.45, 2.75) is 23.8 Å². The largest absolute Gasteiger partial charge is 0.328 e. The molecule has 0 atom stereocenters. The summed E-state index contributed by atoms with van der Waals surface area (Å²) in [5.41, 5.74) is 7.54. The van der Waals surface area contributed by atoms with Gasteiger partial charge in [0.1, 0.15) is 0 Å². The number of piperidine rings is 1. The van der Waals surface area contributed by atoms with Crippen LogP contribution in [-0.4, -0.2) is 31.9 Å². The maximum Gasteiger partial charge on any atom is 0.243 e. The first-order valence-electron chi connectivity index (χ1n) is 7.49. The third kappa shape index (κ3) is 2.92. The quantitative estimate of drug-likeness (QED) is 0.946. The van der Waals surface area contributed by atoms with Crippen molar-refractivity contribution in [1.29, 1.82) is 0 Å². The Kier molecular flexibility index (Phi) is 4.29. The van der Waals surface area contributed by atoms with Gasteiger partial charge < -0.3 is 5.73 Å². The number of nitrogens with two attached hydrogens (primary N) is 1. The average molecular weight is 316 g/mol. The zero-order valence-electron chi connectivity index (χ0n) is 12.4. The zero-order chi connectivity index (χ0) is 15.6. The number of benzene rings is 2. The first-order valence-corrected chi connectivity index (χ1v) is 8.93. The van der Waals surface area contributed by atoms with Gasteiger partial charge in [-0.1, -0.05) is 48.5 Å². The van der Waals surface area contributed by atoms with E-state index in [9.17, 15) is 8.42 Å². The highest BCUT2D eigenvalue weighted by Gasteiger charge is 2.30. The highest BCUT2D eigenvalue weighted by molar-refractivity contribution is 7.89. The van der Waals surface area contributed by atoms with E-state index in [2.05, 4.69) is 0 Å². The number of nitrogens with zero attached hydrogens (tertiary/aromatic N) is 1. The van der Waals surface area contributed by atoms with Gasteiger partial charge in [0.15, 0.2) is 0 Å². The summed E-state index contributed by atoms with van der Waals surface area (Å²) < 4.78 is 27.5. The van der Waals surface area contributed by atoms with Gasteiger partial charge in [-0.05, 0) is 24.5 Å². The van der Waals surface area contributed by atoms with Gasteiger partial charge in [-0.25, -0.2) is 8.42 Å². The van der Waals surface area contributed by atoms with Crippen LogP contribution in [0.3, 0.4) is 0 Å². The lowest BCUT2D eigenvalue weighted by Crippen LogP contribution is -2.42. The molecule has 0 aliphatic carbocycles. The van der Waals surface area contributed by atoms with E-state index in [0.717, 1.165) is 11.1 Å². The van der Waals surface area contributed by atoms with Crippen LogP contribution in [0.15, 0.2) is 59.5 Å². The number of hydrogen-bond acceptors (Lipinski definition) is 3. The molecule has 116 valence electrons. The van der Waals surface area contributed by atoms with Crippen LogP contribution in [0.25, 0.3) is 11.1 Å². The summed E-state index contributed by atoms with van der Waals surface area (Å²) >= 11 is 0. The van der Waals surface area contributed by atoms with E-state index >= 15 is 0 Å². The molecule has 4 nitrogen and oxygen atoms in total. The molecule has 0 unspecified atom stereocenters. The molecule has 1 saturated heterocycles. The van der Waals surface area contributed by atoms with Crippen molar-refractivity contribution in [3.05, 3.63) is 54.6 Å². The molecule has 0 amide bonds. The van der Waals surface area contributed by atoms with Crippen LogP contribution in [0.4, 0.5) is 0 Å². The van der Waals surface area contributed by atoms with Crippen LogP contribution in [0, 0.1) is 0 Å². The van der Waals surface area contributed by atoms with Crippen molar-refractivity contribution >= 4 is 10.0 Å². The molecule has 2 aromatic carbocycles. The average Bonchev–Trinajstić information content (AvgIpc) is 2.56. The summed E-state index contributed by atoms with van der Waals surface area (Å²) in [6.45, 7) is 0.985. The maximum atomic E-state index is 13.0. The number of sulfonamides is 1. The van der Waals surface area contributed by atoms with Crippen LogP contribution < -0.4 is 5.73 Å². The lowest BCUT2D eigenvalue weighted by Gasteiger charge is -2.30. The molecular weight excluding hydrogens is 296 g/mol. The van der Waals surface area contributed by atoms with Gasteiger partial charge in [0.25, 0.3) is 0 Å². The van der Waals surface area contributed by atoms with E-state index in [0.29, 0.717) is 30.8 Å². The van der Waals surface area contributed by atoms with Crippen LogP contribution in [0.1, 0.15) is 12.8 Å². The Hall–Kier alpha value is -1.69.